The first kappa shape index (κ1) is 15.3. The molecule has 0 saturated carbocycles. The zero-order valence-electron chi connectivity index (χ0n) is 12.5. The van der Waals surface area contributed by atoms with Crippen LogP contribution in [0.4, 0.5) is 0 Å². The second-order valence-electron chi connectivity index (χ2n) is 5.36. The van der Waals surface area contributed by atoms with Crippen LogP contribution in [0.15, 0.2) is 48.5 Å². The van der Waals surface area contributed by atoms with Crippen molar-refractivity contribution in [2.45, 2.75) is 26.3 Å². The van der Waals surface area contributed by atoms with Crippen LogP contribution in [-0.4, -0.2) is 23.7 Å². The second-order valence-corrected chi connectivity index (χ2v) is 5.36. The molecule has 1 amide bonds. The Kier molecular flexibility index (Phi) is 5.12. The minimum absolute atomic E-state index is 0.0778. The maximum absolute atomic E-state index is 12.3. The standard InChI is InChI=1S/C18H21NO2/c1-13-8-9-17(14(2)10-13)18(21)19-16(12-20)11-15-6-4-3-5-7-15/h3-10,16,20H,11-12H2,1-2H3,(H,19,21). The van der Waals surface area contributed by atoms with E-state index in [1.807, 2.05) is 62.4 Å². The van der Waals surface area contributed by atoms with Crippen molar-refractivity contribution >= 4 is 5.91 Å². The summed E-state index contributed by atoms with van der Waals surface area (Å²) in [4.78, 5) is 12.3. The average molecular weight is 283 g/mol. The summed E-state index contributed by atoms with van der Waals surface area (Å²) in [6, 6.07) is 15.3. The molecule has 0 radical (unpaired) electrons. The molecule has 1 atom stereocenters. The van der Waals surface area contributed by atoms with Gasteiger partial charge >= 0.3 is 0 Å². The Morgan fingerprint density at radius 3 is 2.48 bits per heavy atom. The van der Waals surface area contributed by atoms with Gasteiger partial charge in [-0.1, -0.05) is 48.0 Å². The van der Waals surface area contributed by atoms with Crippen molar-refractivity contribution in [2.24, 2.45) is 0 Å². The molecular weight excluding hydrogens is 262 g/mol. The molecule has 0 fully saturated rings. The molecule has 3 nitrogen and oxygen atoms in total. The number of aliphatic hydroxyl groups is 1. The fourth-order valence-corrected chi connectivity index (χ4v) is 2.39. The van der Waals surface area contributed by atoms with Gasteiger partial charge in [-0.05, 0) is 37.5 Å². The second kappa shape index (κ2) is 7.04. The van der Waals surface area contributed by atoms with Crippen molar-refractivity contribution in [3.8, 4) is 0 Å². The van der Waals surface area contributed by atoms with Crippen molar-refractivity contribution < 1.29 is 9.90 Å². The van der Waals surface area contributed by atoms with E-state index < -0.39 is 0 Å². The lowest BCUT2D eigenvalue weighted by atomic mass is 10.0. The van der Waals surface area contributed by atoms with Gasteiger partial charge in [0.05, 0.1) is 12.6 Å². The summed E-state index contributed by atoms with van der Waals surface area (Å²) in [5.74, 6) is -0.137. The van der Waals surface area contributed by atoms with E-state index in [-0.39, 0.29) is 18.6 Å². The van der Waals surface area contributed by atoms with Gasteiger partial charge in [-0.3, -0.25) is 4.79 Å². The monoisotopic (exact) mass is 283 g/mol. The smallest absolute Gasteiger partial charge is 0.251 e. The summed E-state index contributed by atoms with van der Waals surface area (Å²) in [7, 11) is 0. The zero-order valence-corrected chi connectivity index (χ0v) is 12.5. The maximum Gasteiger partial charge on any atom is 0.251 e. The normalized spacial score (nSPS) is 12.0. The Balaban J connectivity index is 2.06. The van der Waals surface area contributed by atoms with Crippen LogP contribution in [0.3, 0.4) is 0 Å². The van der Waals surface area contributed by atoms with Crippen molar-refractivity contribution in [2.75, 3.05) is 6.61 Å². The van der Waals surface area contributed by atoms with Crippen LogP contribution in [0.2, 0.25) is 0 Å². The van der Waals surface area contributed by atoms with E-state index in [0.29, 0.717) is 12.0 Å². The molecule has 2 aromatic rings. The molecule has 2 N–H and O–H groups in total. The fraction of sp³-hybridized carbons (Fsp3) is 0.278. The molecule has 0 aliphatic heterocycles. The zero-order chi connectivity index (χ0) is 15.2. The Bertz CT molecular complexity index is 608. The van der Waals surface area contributed by atoms with Crippen molar-refractivity contribution in [3.05, 3.63) is 70.8 Å². The van der Waals surface area contributed by atoms with E-state index >= 15 is 0 Å². The number of carbonyl (C=O) groups excluding carboxylic acids is 1. The fourth-order valence-electron chi connectivity index (χ4n) is 2.39. The first-order valence-electron chi connectivity index (χ1n) is 7.13. The van der Waals surface area contributed by atoms with Crippen molar-refractivity contribution in [1.82, 2.24) is 5.32 Å². The van der Waals surface area contributed by atoms with Crippen LogP contribution in [0, 0.1) is 13.8 Å². The molecule has 0 heterocycles. The molecule has 0 aromatic heterocycles. The Morgan fingerprint density at radius 1 is 1.14 bits per heavy atom. The summed E-state index contributed by atoms with van der Waals surface area (Å²) in [6.07, 6.45) is 0.619. The first-order valence-corrected chi connectivity index (χ1v) is 7.13. The van der Waals surface area contributed by atoms with E-state index in [0.717, 1.165) is 16.7 Å². The predicted octanol–water partition coefficient (Wildman–Crippen LogP) is 2.64. The molecule has 0 saturated heterocycles. The van der Waals surface area contributed by atoms with E-state index in [1.54, 1.807) is 0 Å². The summed E-state index contributed by atoms with van der Waals surface area (Å²) in [5, 5.41) is 12.4. The van der Waals surface area contributed by atoms with Crippen molar-refractivity contribution in [3.63, 3.8) is 0 Å². The maximum atomic E-state index is 12.3. The molecule has 21 heavy (non-hydrogen) atoms. The number of benzene rings is 2. The lowest BCUT2D eigenvalue weighted by Gasteiger charge is -2.17. The van der Waals surface area contributed by atoms with Gasteiger partial charge < -0.3 is 10.4 Å². The van der Waals surface area contributed by atoms with E-state index in [1.165, 1.54) is 0 Å². The highest BCUT2D eigenvalue weighted by molar-refractivity contribution is 5.95. The van der Waals surface area contributed by atoms with Gasteiger partial charge in [-0.25, -0.2) is 0 Å². The number of aryl methyl sites for hydroxylation is 2. The summed E-state index contributed by atoms with van der Waals surface area (Å²) in [6.45, 7) is 3.85. The summed E-state index contributed by atoms with van der Waals surface area (Å²) >= 11 is 0. The molecule has 0 spiro atoms. The highest BCUT2D eigenvalue weighted by Gasteiger charge is 2.15. The third kappa shape index (κ3) is 4.17. The highest BCUT2D eigenvalue weighted by Crippen LogP contribution is 2.11. The third-order valence-corrected chi connectivity index (χ3v) is 3.51. The molecule has 3 heteroatoms. The van der Waals surface area contributed by atoms with Crippen LogP contribution in [0.5, 0.6) is 0 Å². The van der Waals surface area contributed by atoms with Gasteiger partial charge in [0, 0.05) is 5.56 Å². The van der Waals surface area contributed by atoms with Crippen LogP contribution in [-0.2, 0) is 6.42 Å². The van der Waals surface area contributed by atoms with Gasteiger partial charge in [0.2, 0.25) is 0 Å². The minimum Gasteiger partial charge on any atom is -0.394 e. The highest BCUT2D eigenvalue weighted by atomic mass is 16.3. The van der Waals surface area contributed by atoms with Crippen LogP contribution < -0.4 is 5.32 Å². The van der Waals surface area contributed by atoms with Gasteiger partial charge in [0.1, 0.15) is 0 Å². The molecule has 2 rings (SSSR count). The number of hydrogen-bond acceptors (Lipinski definition) is 2. The number of amides is 1. The summed E-state index contributed by atoms with van der Waals surface area (Å²) < 4.78 is 0. The summed E-state index contributed by atoms with van der Waals surface area (Å²) in [5.41, 5.74) is 3.83. The SMILES string of the molecule is Cc1ccc(C(=O)NC(CO)Cc2ccccc2)c(C)c1. The molecule has 0 aliphatic rings. The number of aliphatic hydroxyl groups excluding tert-OH is 1. The number of rotatable bonds is 5. The van der Waals surface area contributed by atoms with Gasteiger partial charge in [-0.2, -0.15) is 0 Å². The van der Waals surface area contributed by atoms with E-state index in [4.69, 9.17) is 0 Å². The Labute approximate surface area is 125 Å². The number of hydrogen-bond donors (Lipinski definition) is 2. The molecule has 2 aromatic carbocycles. The van der Waals surface area contributed by atoms with Gasteiger partial charge in [0.15, 0.2) is 0 Å². The van der Waals surface area contributed by atoms with Crippen LogP contribution in [0.25, 0.3) is 0 Å². The molecule has 1 unspecified atom stereocenters. The topological polar surface area (TPSA) is 49.3 Å². The Morgan fingerprint density at radius 2 is 1.86 bits per heavy atom. The van der Waals surface area contributed by atoms with E-state index in [9.17, 15) is 9.90 Å². The lowest BCUT2D eigenvalue weighted by Crippen LogP contribution is -2.39. The number of nitrogens with one attached hydrogen (secondary N) is 1. The molecule has 0 aliphatic carbocycles. The van der Waals surface area contributed by atoms with Crippen LogP contribution >= 0.6 is 0 Å². The minimum atomic E-state index is -0.277. The quantitative estimate of drug-likeness (QED) is 0.886. The average Bonchev–Trinajstić information content (AvgIpc) is 2.47. The first-order chi connectivity index (χ1) is 10.1. The van der Waals surface area contributed by atoms with Gasteiger partial charge in [-0.15, -0.1) is 0 Å². The van der Waals surface area contributed by atoms with Crippen molar-refractivity contribution in [1.29, 1.82) is 0 Å². The molecule has 110 valence electrons. The largest absolute Gasteiger partial charge is 0.394 e. The van der Waals surface area contributed by atoms with Gasteiger partial charge in [0.25, 0.3) is 5.91 Å². The number of carbonyl (C=O) groups is 1. The molecular formula is C18H21NO2. The third-order valence-electron chi connectivity index (χ3n) is 3.51. The van der Waals surface area contributed by atoms with E-state index in [2.05, 4.69) is 5.32 Å². The predicted molar refractivity (Wildman–Crippen MR) is 84.4 cm³/mol. The lowest BCUT2D eigenvalue weighted by molar-refractivity contribution is 0.0916. The Hall–Kier alpha value is -2.13. The molecule has 0 bridgehead atoms. The van der Waals surface area contributed by atoms with Crippen LogP contribution in [0.1, 0.15) is 27.0 Å².